The van der Waals surface area contributed by atoms with E-state index in [0.717, 1.165) is 39.7 Å². The number of fused-ring (bicyclic) bond motifs is 1. The number of para-hydroxylation sites is 3. The molecular formula is C18H18ClNO2. The van der Waals surface area contributed by atoms with E-state index in [-0.39, 0.29) is 0 Å². The first-order valence-electron chi connectivity index (χ1n) is 7.27. The number of methoxy groups -OCH3 is 1. The summed E-state index contributed by atoms with van der Waals surface area (Å²) in [4.78, 5) is 0. The van der Waals surface area contributed by atoms with Gasteiger partial charge in [-0.25, -0.2) is 0 Å². The fraction of sp³-hybridized carbons (Fsp3) is 0.222. The molecule has 1 heterocycles. The van der Waals surface area contributed by atoms with Crippen molar-refractivity contribution in [3.8, 4) is 11.5 Å². The second kappa shape index (κ2) is 6.32. The molecule has 4 heteroatoms. The van der Waals surface area contributed by atoms with Crippen molar-refractivity contribution in [1.82, 2.24) is 4.57 Å². The van der Waals surface area contributed by atoms with Gasteiger partial charge in [0.05, 0.1) is 23.3 Å². The van der Waals surface area contributed by atoms with Gasteiger partial charge in [-0.3, -0.25) is 0 Å². The molecule has 3 aromatic rings. The highest BCUT2D eigenvalue weighted by atomic mass is 35.5. The summed E-state index contributed by atoms with van der Waals surface area (Å²) in [5, 5.41) is 1.90. The summed E-state index contributed by atoms with van der Waals surface area (Å²) in [5.41, 5.74) is 2.15. The molecule has 0 saturated heterocycles. The zero-order chi connectivity index (χ0) is 15.5. The van der Waals surface area contributed by atoms with Crippen molar-refractivity contribution in [3.63, 3.8) is 0 Å². The lowest BCUT2D eigenvalue weighted by atomic mass is 10.2. The van der Waals surface area contributed by atoms with Crippen LogP contribution < -0.4 is 9.47 Å². The summed E-state index contributed by atoms with van der Waals surface area (Å²) in [6.07, 6.45) is 0. The van der Waals surface area contributed by atoms with Crippen LogP contribution in [0.2, 0.25) is 5.02 Å². The normalized spacial score (nSPS) is 10.9. The third-order valence-electron chi connectivity index (χ3n) is 3.72. The highest BCUT2D eigenvalue weighted by Gasteiger charge is 2.11. The summed E-state index contributed by atoms with van der Waals surface area (Å²) in [6, 6.07) is 15.7. The number of aromatic nitrogens is 1. The third kappa shape index (κ3) is 2.64. The molecule has 0 N–H and O–H groups in total. The zero-order valence-corrected chi connectivity index (χ0v) is 13.4. The molecule has 1 aromatic heterocycles. The van der Waals surface area contributed by atoms with Gasteiger partial charge in [0.1, 0.15) is 6.61 Å². The molecule has 3 rings (SSSR count). The van der Waals surface area contributed by atoms with Gasteiger partial charge in [0.15, 0.2) is 11.5 Å². The van der Waals surface area contributed by atoms with Crippen molar-refractivity contribution in [1.29, 1.82) is 0 Å². The standard InChI is InChI=1S/C18H18ClNO2/c1-3-20-14(11-13-7-6-8-15(19)18(13)20)12-22-17-10-5-4-9-16(17)21-2/h4-11H,3,12H2,1-2H3. The van der Waals surface area contributed by atoms with Crippen molar-refractivity contribution in [2.45, 2.75) is 20.1 Å². The highest BCUT2D eigenvalue weighted by Crippen LogP contribution is 2.30. The third-order valence-corrected chi connectivity index (χ3v) is 4.02. The second-order valence-electron chi connectivity index (χ2n) is 5.00. The number of hydrogen-bond donors (Lipinski definition) is 0. The van der Waals surface area contributed by atoms with Crippen LogP contribution in [0.5, 0.6) is 11.5 Å². The monoisotopic (exact) mass is 315 g/mol. The Morgan fingerprint density at radius 3 is 2.55 bits per heavy atom. The van der Waals surface area contributed by atoms with E-state index in [1.807, 2.05) is 36.4 Å². The van der Waals surface area contributed by atoms with Gasteiger partial charge in [-0.05, 0) is 31.2 Å². The van der Waals surface area contributed by atoms with E-state index < -0.39 is 0 Å². The Bertz CT molecular complexity index is 795. The Hall–Kier alpha value is -2.13. The maximum atomic E-state index is 6.34. The smallest absolute Gasteiger partial charge is 0.161 e. The number of nitrogens with zero attached hydrogens (tertiary/aromatic N) is 1. The molecular weight excluding hydrogens is 298 g/mol. The maximum absolute atomic E-state index is 6.34. The van der Waals surface area contributed by atoms with Crippen LogP contribution in [0.4, 0.5) is 0 Å². The van der Waals surface area contributed by atoms with E-state index in [2.05, 4.69) is 23.6 Å². The zero-order valence-electron chi connectivity index (χ0n) is 12.7. The molecule has 114 valence electrons. The van der Waals surface area contributed by atoms with Crippen LogP contribution in [0.3, 0.4) is 0 Å². The minimum absolute atomic E-state index is 0.471. The van der Waals surface area contributed by atoms with Crippen molar-refractivity contribution >= 4 is 22.5 Å². The largest absolute Gasteiger partial charge is 0.493 e. The molecule has 3 nitrogen and oxygen atoms in total. The van der Waals surface area contributed by atoms with Gasteiger partial charge in [0, 0.05) is 11.9 Å². The van der Waals surface area contributed by atoms with Crippen LogP contribution in [0.15, 0.2) is 48.5 Å². The van der Waals surface area contributed by atoms with Crippen molar-refractivity contribution in [3.05, 3.63) is 59.2 Å². The lowest BCUT2D eigenvalue weighted by molar-refractivity contribution is 0.277. The quantitative estimate of drug-likeness (QED) is 0.668. The van der Waals surface area contributed by atoms with Crippen LogP contribution in [-0.4, -0.2) is 11.7 Å². The van der Waals surface area contributed by atoms with Crippen LogP contribution in [0.1, 0.15) is 12.6 Å². The van der Waals surface area contributed by atoms with Gasteiger partial charge in [0.2, 0.25) is 0 Å². The molecule has 0 unspecified atom stereocenters. The summed E-state index contributed by atoms with van der Waals surface area (Å²) >= 11 is 6.34. The Morgan fingerprint density at radius 2 is 1.82 bits per heavy atom. The van der Waals surface area contributed by atoms with Crippen molar-refractivity contribution < 1.29 is 9.47 Å². The van der Waals surface area contributed by atoms with E-state index in [0.29, 0.717) is 6.61 Å². The molecule has 0 atom stereocenters. The molecule has 2 aromatic carbocycles. The Labute approximate surface area is 135 Å². The lowest BCUT2D eigenvalue weighted by Crippen LogP contribution is -2.05. The molecule has 22 heavy (non-hydrogen) atoms. The molecule has 0 amide bonds. The highest BCUT2D eigenvalue weighted by molar-refractivity contribution is 6.35. The van der Waals surface area contributed by atoms with Gasteiger partial charge in [-0.15, -0.1) is 0 Å². The Morgan fingerprint density at radius 1 is 1.05 bits per heavy atom. The summed E-state index contributed by atoms with van der Waals surface area (Å²) in [5.74, 6) is 1.48. The molecule has 0 aliphatic rings. The lowest BCUT2D eigenvalue weighted by Gasteiger charge is -2.12. The number of hydrogen-bond acceptors (Lipinski definition) is 2. The summed E-state index contributed by atoms with van der Waals surface area (Å²) in [7, 11) is 1.64. The molecule has 0 bridgehead atoms. The fourth-order valence-electron chi connectivity index (χ4n) is 2.70. The predicted molar refractivity (Wildman–Crippen MR) is 89.9 cm³/mol. The van der Waals surface area contributed by atoms with Crippen molar-refractivity contribution in [2.24, 2.45) is 0 Å². The van der Waals surface area contributed by atoms with Crippen LogP contribution in [0, 0.1) is 0 Å². The number of benzene rings is 2. The number of aryl methyl sites for hydroxylation is 1. The Balaban J connectivity index is 1.92. The van der Waals surface area contributed by atoms with Gasteiger partial charge in [-0.2, -0.15) is 0 Å². The van der Waals surface area contributed by atoms with Gasteiger partial charge < -0.3 is 14.0 Å². The Kier molecular flexibility index (Phi) is 4.25. The minimum atomic E-state index is 0.471. The van der Waals surface area contributed by atoms with E-state index in [9.17, 15) is 0 Å². The first kappa shape index (κ1) is 14.8. The average Bonchev–Trinajstić information content (AvgIpc) is 2.92. The second-order valence-corrected chi connectivity index (χ2v) is 5.40. The summed E-state index contributed by atoms with van der Waals surface area (Å²) < 4.78 is 13.4. The molecule has 0 radical (unpaired) electrons. The van der Waals surface area contributed by atoms with E-state index in [1.165, 1.54) is 0 Å². The first-order valence-corrected chi connectivity index (χ1v) is 7.64. The first-order chi connectivity index (χ1) is 10.7. The van der Waals surface area contributed by atoms with E-state index in [4.69, 9.17) is 21.1 Å². The number of rotatable bonds is 5. The van der Waals surface area contributed by atoms with Gasteiger partial charge in [-0.1, -0.05) is 35.9 Å². The topological polar surface area (TPSA) is 23.4 Å². The van der Waals surface area contributed by atoms with Crippen molar-refractivity contribution in [2.75, 3.05) is 7.11 Å². The molecule has 0 aliphatic carbocycles. The summed E-state index contributed by atoms with van der Waals surface area (Å²) in [6.45, 7) is 3.42. The van der Waals surface area contributed by atoms with Gasteiger partial charge in [0.25, 0.3) is 0 Å². The van der Waals surface area contributed by atoms with E-state index >= 15 is 0 Å². The van der Waals surface area contributed by atoms with Crippen LogP contribution >= 0.6 is 11.6 Å². The maximum Gasteiger partial charge on any atom is 0.161 e. The molecule has 0 spiro atoms. The minimum Gasteiger partial charge on any atom is -0.493 e. The number of ether oxygens (including phenoxy) is 2. The molecule has 0 saturated carbocycles. The van der Waals surface area contributed by atoms with Crippen LogP contribution in [0.25, 0.3) is 10.9 Å². The molecule has 0 aliphatic heterocycles. The number of halogens is 1. The SMILES string of the molecule is CCn1c(COc2ccccc2OC)cc2cccc(Cl)c21. The average molecular weight is 316 g/mol. The van der Waals surface area contributed by atoms with Crippen LogP contribution in [-0.2, 0) is 13.2 Å². The molecule has 0 fully saturated rings. The fourth-order valence-corrected chi connectivity index (χ4v) is 2.99. The van der Waals surface area contributed by atoms with Gasteiger partial charge >= 0.3 is 0 Å². The predicted octanol–water partition coefficient (Wildman–Crippen LogP) is 4.90. The van der Waals surface area contributed by atoms with E-state index in [1.54, 1.807) is 7.11 Å².